The number of nitrogens with zero attached hydrogens (tertiary/aromatic N) is 3. The van der Waals surface area contributed by atoms with E-state index >= 15 is 0 Å². The maximum absolute atomic E-state index is 13.2. The number of aliphatic imine (C=N–C) groups is 1. The fourth-order valence-electron chi connectivity index (χ4n) is 3.97. The number of hydrogen-bond acceptors (Lipinski definition) is 3. The fourth-order valence-corrected chi connectivity index (χ4v) is 4.13. The van der Waals surface area contributed by atoms with E-state index in [4.69, 9.17) is 16.6 Å². The third-order valence-corrected chi connectivity index (χ3v) is 5.82. The number of benzene rings is 2. The molecule has 7 heteroatoms. The van der Waals surface area contributed by atoms with Crippen molar-refractivity contribution < 1.29 is 9.18 Å². The van der Waals surface area contributed by atoms with Gasteiger partial charge >= 0.3 is 0 Å². The van der Waals surface area contributed by atoms with E-state index < -0.39 is 0 Å². The summed E-state index contributed by atoms with van der Waals surface area (Å²) in [6.45, 7) is 2.34. The number of fused-ring (bicyclic) bond motifs is 2. The number of halogens is 2. The smallest absolute Gasteiger partial charge is 0.270 e. The first-order valence-electron chi connectivity index (χ1n) is 10.4. The molecule has 1 aliphatic heterocycles. The van der Waals surface area contributed by atoms with Crippen LogP contribution in [0.25, 0.3) is 5.65 Å². The van der Waals surface area contributed by atoms with Crippen molar-refractivity contribution in [3.8, 4) is 0 Å². The second kappa shape index (κ2) is 8.20. The van der Waals surface area contributed by atoms with Crippen LogP contribution >= 0.6 is 11.6 Å². The predicted octanol–water partition coefficient (Wildman–Crippen LogP) is 5.30. The van der Waals surface area contributed by atoms with Gasteiger partial charge in [0.2, 0.25) is 0 Å². The third-order valence-electron chi connectivity index (χ3n) is 5.60. The number of hydrogen-bond donors (Lipinski definition) is 1. The molecule has 3 heterocycles. The zero-order valence-corrected chi connectivity index (χ0v) is 18.2. The number of carbonyl (C=O) groups excluding carboxylic acids is 1. The Kier molecular flexibility index (Phi) is 5.23. The second-order valence-electron chi connectivity index (χ2n) is 7.72. The Morgan fingerprint density at radius 1 is 1.16 bits per heavy atom. The van der Waals surface area contributed by atoms with E-state index in [1.807, 2.05) is 25.1 Å². The van der Waals surface area contributed by atoms with Gasteiger partial charge < -0.3 is 5.32 Å². The molecule has 0 spiro atoms. The van der Waals surface area contributed by atoms with Crippen molar-refractivity contribution >= 4 is 34.6 Å². The van der Waals surface area contributed by atoms with Crippen molar-refractivity contribution in [3.63, 3.8) is 0 Å². The lowest BCUT2D eigenvalue weighted by atomic mass is 10.0. The molecule has 2 aromatic carbocycles. The van der Waals surface area contributed by atoms with E-state index in [1.54, 1.807) is 34.9 Å². The van der Waals surface area contributed by atoms with Crippen LogP contribution in [0.3, 0.4) is 0 Å². The lowest BCUT2D eigenvalue weighted by Gasteiger charge is -2.08. The molecule has 1 aliphatic rings. The van der Waals surface area contributed by atoms with E-state index in [0.717, 1.165) is 33.8 Å². The molecule has 0 saturated carbocycles. The number of imidazole rings is 1. The monoisotopic (exact) mass is 446 g/mol. The highest BCUT2D eigenvalue weighted by molar-refractivity contribution is 6.30. The molecule has 1 amide bonds. The maximum Gasteiger partial charge on any atom is 0.270 e. The minimum atomic E-state index is -0.262. The molecule has 2 aromatic heterocycles. The summed E-state index contributed by atoms with van der Waals surface area (Å²) in [5.74, 6) is -0.463. The zero-order chi connectivity index (χ0) is 22.2. The summed E-state index contributed by atoms with van der Waals surface area (Å²) in [5, 5.41) is 3.54. The standard InChI is InChI=1S/C25H20ClFN4O/c1-2-20-24(31-14-18(26)7-10-23(31)30-20)25(32)28-13-15-3-4-17-12-22(29-21(17)11-15)16-5-8-19(27)9-6-16/h3-11,14H,2,12-13H2,1H3,(H,28,32). The van der Waals surface area contributed by atoms with Gasteiger partial charge in [-0.2, -0.15) is 0 Å². The summed E-state index contributed by atoms with van der Waals surface area (Å²) in [4.78, 5) is 22.3. The van der Waals surface area contributed by atoms with Crippen LogP contribution in [0.5, 0.6) is 0 Å². The second-order valence-corrected chi connectivity index (χ2v) is 8.16. The quantitative estimate of drug-likeness (QED) is 0.452. The van der Waals surface area contributed by atoms with E-state index in [2.05, 4.69) is 10.3 Å². The van der Waals surface area contributed by atoms with Crippen molar-refractivity contribution in [2.75, 3.05) is 0 Å². The first kappa shape index (κ1) is 20.4. The van der Waals surface area contributed by atoms with Crippen LogP contribution < -0.4 is 5.32 Å². The Balaban J connectivity index is 1.35. The summed E-state index contributed by atoms with van der Waals surface area (Å²) in [6, 6.07) is 15.9. The maximum atomic E-state index is 13.2. The molecular weight excluding hydrogens is 427 g/mol. The molecule has 0 aliphatic carbocycles. The normalized spacial score (nSPS) is 12.7. The van der Waals surface area contributed by atoms with E-state index in [1.165, 1.54) is 12.1 Å². The van der Waals surface area contributed by atoms with Crippen molar-refractivity contribution in [2.24, 2.45) is 4.99 Å². The van der Waals surface area contributed by atoms with Gasteiger partial charge in [-0.05, 0) is 53.4 Å². The average molecular weight is 447 g/mol. The third kappa shape index (κ3) is 3.78. The van der Waals surface area contributed by atoms with Crippen LogP contribution in [-0.2, 0) is 19.4 Å². The molecule has 0 atom stereocenters. The zero-order valence-electron chi connectivity index (χ0n) is 17.4. The summed E-state index contributed by atoms with van der Waals surface area (Å²) in [5.41, 5.74) is 6.70. The minimum Gasteiger partial charge on any atom is -0.347 e. The molecule has 0 saturated heterocycles. The summed E-state index contributed by atoms with van der Waals surface area (Å²) in [7, 11) is 0. The Bertz CT molecular complexity index is 1370. The number of aromatic nitrogens is 2. The van der Waals surface area contributed by atoms with Crippen molar-refractivity contribution in [1.29, 1.82) is 0 Å². The Labute approximate surface area is 189 Å². The molecule has 0 unspecified atom stereocenters. The number of nitrogens with one attached hydrogen (secondary N) is 1. The highest BCUT2D eigenvalue weighted by Crippen LogP contribution is 2.30. The van der Waals surface area contributed by atoms with Gasteiger partial charge in [0.1, 0.15) is 17.2 Å². The number of aryl methyl sites for hydroxylation is 1. The first-order chi connectivity index (χ1) is 15.5. The van der Waals surface area contributed by atoms with Crippen LogP contribution in [0.4, 0.5) is 10.1 Å². The van der Waals surface area contributed by atoms with Gasteiger partial charge in [0, 0.05) is 19.2 Å². The number of carbonyl (C=O) groups is 1. The summed E-state index contributed by atoms with van der Waals surface area (Å²) in [6.07, 6.45) is 3.05. The van der Waals surface area contributed by atoms with Crippen molar-refractivity contribution in [2.45, 2.75) is 26.3 Å². The summed E-state index contributed by atoms with van der Waals surface area (Å²) >= 11 is 6.13. The molecule has 4 aromatic rings. The minimum absolute atomic E-state index is 0.201. The average Bonchev–Trinajstić information content (AvgIpc) is 3.38. The van der Waals surface area contributed by atoms with Gasteiger partial charge in [-0.3, -0.25) is 14.2 Å². The van der Waals surface area contributed by atoms with Gasteiger partial charge in [-0.15, -0.1) is 0 Å². The number of pyridine rings is 1. The molecule has 1 N–H and O–H groups in total. The molecule has 32 heavy (non-hydrogen) atoms. The molecule has 160 valence electrons. The van der Waals surface area contributed by atoms with Crippen LogP contribution in [0.1, 0.15) is 39.8 Å². The van der Waals surface area contributed by atoms with E-state index in [0.29, 0.717) is 35.8 Å². The molecule has 0 bridgehead atoms. The van der Waals surface area contributed by atoms with Crippen molar-refractivity contribution in [3.05, 3.63) is 99.7 Å². The van der Waals surface area contributed by atoms with Crippen LogP contribution in [-0.4, -0.2) is 21.0 Å². The van der Waals surface area contributed by atoms with Crippen LogP contribution in [0.2, 0.25) is 5.02 Å². The first-order valence-corrected chi connectivity index (χ1v) is 10.8. The van der Waals surface area contributed by atoms with E-state index in [-0.39, 0.29) is 11.7 Å². The van der Waals surface area contributed by atoms with Gasteiger partial charge in [-0.25, -0.2) is 9.37 Å². The highest BCUT2D eigenvalue weighted by Gasteiger charge is 2.20. The fraction of sp³-hybridized carbons (Fsp3) is 0.160. The SMILES string of the molecule is CCc1nc2ccc(Cl)cn2c1C(=O)NCc1ccc2c(c1)N=C(c1ccc(F)cc1)C2. The molecule has 0 radical (unpaired) electrons. The van der Waals surface area contributed by atoms with Crippen LogP contribution in [0, 0.1) is 5.82 Å². The number of rotatable bonds is 5. The summed E-state index contributed by atoms with van der Waals surface area (Å²) < 4.78 is 14.9. The molecular formula is C25H20ClFN4O. The van der Waals surface area contributed by atoms with Gasteiger partial charge in [0.25, 0.3) is 5.91 Å². The van der Waals surface area contributed by atoms with Gasteiger partial charge in [-0.1, -0.05) is 42.8 Å². The lowest BCUT2D eigenvalue weighted by molar-refractivity contribution is 0.0944. The number of amides is 1. The Morgan fingerprint density at radius 2 is 1.97 bits per heavy atom. The van der Waals surface area contributed by atoms with Crippen LogP contribution in [0.15, 0.2) is 65.8 Å². The molecule has 5 rings (SSSR count). The largest absolute Gasteiger partial charge is 0.347 e. The van der Waals surface area contributed by atoms with E-state index in [9.17, 15) is 9.18 Å². The van der Waals surface area contributed by atoms with Gasteiger partial charge in [0.15, 0.2) is 0 Å². The van der Waals surface area contributed by atoms with Crippen molar-refractivity contribution in [1.82, 2.24) is 14.7 Å². The highest BCUT2D eigenvalue weighted by atomic mass is 35.5. The predicted molar refractivity (Wildman–Crippen MR) is 123 cm³/mol. The lowest BCUT2D eigenvalue weighted by Crippen LogP contribution is -2.25. The Hall–Kier alpha value is -3.51. The molecule has 0 fully saturated rings. The van der Waals surface area contributed by atoms with Gasteiger partial charge in [0.05, 0.1) is 22.1 Å². The topological polar surface area (TPSA) is 58.8 Å². The molecule has 5 nitrogen and oxygen atoms in total. The Morgan fingerprint density at radius 3 is 2.75 bits per heavy atom.